The molecule has 2 rings (SSSR count). The fourth-order valence-electron chi connectivity index (χ4n) is 1.82. The Hall–Kier alpha value is -2.44. The molecular weight excluding hydrogens is 300 g/mol. The highest BCUT2D eigenvalue weighted by molar-refractivity contribution is 5.81. The van der Waals surface area contributed by atoms with Crippen LogP contribution in [0.1, 0.15) is 5.56 Å². The molecule has 2 aromatic rings. The Morgan fingerprint density at radius 3 is 2.55 bits per heavy atom. The van der Waals surface area contributed by atoms with E-state index in [9.17, 15) is 22.4 Å². The van der Waals surface area contributed by atoms with E-state index in [4.69, 9.17) is 0 Å². The minimum absolute atomic E-state index is 0.191. The SMILES string of the molecule is O=C(NCc1cccc(-c2cccnc2)c1)C(F)C(F)(F)F. The molecule has 1 atom stereocenters. The zero-order valence-corrected chi connectivity index (χ0v) is 11.3. The first-order valence-corrected chi connectivity index (χ1v) is 6.36. The third kappa shape index (κ3) is 4.03. The van der Waals surface area contributed by atoms with Gasteiger partial charge in [-0.25, -0.2) is 4.39 Å². The fourth-order valence-corrected chi connectivity index (χ4v) is 1.82. The van der Waals surface area contributed by atoms with Crippen molar-refractivity contribution in [1.82, 2.24) is 10.3 Å². The average molecular weight is 312 g/mol. The van der Waals surface area contributed by atoms with Crippen LogP contribution in [0.4, 0.5) is 17.6 Å². The normalized spacial score (nSPS) is 12.7. The topological polar surface area (TPSA) is 42.0 Å². The minimum atomic E-state index is -5.19. The summed E-state index contributed by atoms with van der Waals surface area (Å²) < 4.78 is 49.0. The number of hydrogen-bond acceptors (Lipinski definition) is 2. The Morgan fingerprint density at radius 2 is 1.91 bits per heavy atom. The third-order valence-corrected chi connectivity index (χ3v) is 2.91. The molecule has 116 valence electrons. The van der Waals surface area contributed by atoms with Gasteiger partial charge in [-0.1, -0.05) is 24.3 Å². The molecule has 0 bridgehead atoms. The van der Waals surface area contributed by atoms with Gasteiger partial charge in [0, 0.05) is 18.9 Å². The van der Waals surface area contributed by atoms with Crippen molar-refractivity contribution in [2.75, 3.05) is 0 Å². The summed E-state index contributed by atoms with van der Waals surface area (Å²) in [6.07, 6.45) is -5.46. The maximum atomic E-state index is 12.8. The van der Waals surface area contributed by atoms with Crippen LogP contribution in [0.25, 0.3) is 11.1 Å². The lowest BCUT2D eigenvalue weighted by Crippen LogP contribution is -2.40. The molecule has 0 aliphatic heterocycles. The van der Waals surface area contributed by atoms with Crippen LogP contribution in [0, 0.1) is 0 Å². The molecule has 1 unspecified atom stereocenters. The largest absolute Gasteiger partial charge is 0.428 e. The number of benzene rings is 1. The molecular formula is C15H12F4N2O. The Bertz CT molecular complexity index is 643. The lowest BCUT2D eigenvalue weighted by molar-refractivity contribution is -0.186. The lowest BCUT2D eigenvalue weighted by atomic mass is 10.0. The van der Waals surface area contributed by atoms with Crippen LogP contribution in [-0.4, -0.2) is 23.2 Å². The molecule has 0 aliphatic rings. The minimum Gasteiger partial charge on any atom is -0.349 e. The van der Waals surface area contributed by atoms with Gasteiger partial charge in [0.2, 0.25) is 0 Å². The summed E-state index contributed by atoms with van der Waals surface area (Å²) in [4.78, 5) is 15.1. The molecule has 1 aromatic heterocycles. The molecule has 3 nitrogen and oxygen atoms in total. The number of nitrogens with zero attached hydrogens (tertiary/aromatic N) is 1. The van der Waals surface area contributed by atoms with Gasteiger partial charge in [0.05, 0.1) is 0 Å². The first-order valence-electron chi connectivity index (χ1n) is 6.36. The summed E-state index contributed by atoms with van der Waals surface area (Å²) in [7, 11) is 0. The number of amides is 1. The van der Waals surface area contributed by atoms with E-state index in [1.165, 1.54) is 0 Å². The Balaban J connectivity index is 2.04. The highest BCUT2D eigenvalue weighted by Crippen LogP contribution is 2.23. The summed E-state index contributed by atoms with van der Waals surface area (Å²) in [5.41, 5.74) is 2.19. The van der Waals surface area contributed by atoms with Crippen LogP contribution in [0.2, 0.25) is 0 Å². The van der Waals surface area contributed by atoms with Gasteiger partial charge in [0.1, 0.15) is 0 Å². The van der Waals surface area contributed by atoms with Gasteiger partial charge in [-0.15, -0.1) is 0 Å². The molecule has 1 N–H and O–H groups in total. The van der Waals surface area contributed by atoms with Crippen molar-refractivity contribution in [3.8, 4) is 11.1 Å². The number of hydrogen-bond donors (Lipinski definition) is 1. The smallest absolute Gasteiger partial charge is 0.349 e. The first kappa shape index (κ1) is 15.9. The zero-order valence-electron chi connectivity index (χ0n) is 11.3. The molecule has 0 radical (unpaired) electrons. The predicted molar refractivity (Wildman–Crippen MR) is 72.5 cm³/mol. The van der Waals surface area contributed by atoms with Crippen molar-refractivity contribution in [3.05, 3.63) is 54.4 Å². The van der Waals surface area contributed by atoms with Crippen LogP contribution in [0.3, 0.4) is 0 Å². The quantitative estimate of drug-likeness (QED) is 0.881. The molecule has 7 heteroatoms. The second-order valence-corrected chi connectivity index (χ2v) is 4.56. The highest BCUT2D eigenvalue weighted by Gasteiger charge is 2.45. The molecule has 0 saturated heterocycles. The molecule has 0 spiro atoms. The van der Waals surface area contributed by atoms with Crippen LogP contribution in [0.15, 0.2) is 48.8 Å². The van der Waals surface area contributed by atoms with E-state index in [1.807, 2.05) is 11.4 Å². The monoisotopic (exact) mass is 312 g/mol. The first-order chi connectivity index (χ1) is 10.4. The van der Waals surface area contributed by atoms with E-state index >= 15 is 0 Å². The maximum Gasteiger partial charge on any atom is 0.428 e. The van der Waals surface area contributed by atoms with Crippen molar-refractivity contribution < 1.29 is 22.4 Å². The van der Waals surface area contributed by atoms with E-state index < -0.39 is 18.3 Å². The average Bonchev–Trinajstić information content (AvgIpc) is 2.52. The van der Waals surface area contributed by atoms with Crippen molar-refractivity contribution in [2.45, 2.75) is 18.9 Å². The molecule has 1 aromatic carbocycles. The molecule has 1 amide bonds. The van der Waals surface area contributed by atoms with Crippen LogP contribution < -0.4 is 5.32 Å². The predicted octanol–water partition coefficient (Wildman–Crippen LogP) is 3.27. The molecule has 0 aliphatic carbocycles. The highest BCUT2D eigenvalue weighted by atomic mass is 19.4. The number of nitrogens with one attached hydrogen (secondary N) is 1. The van der Waals surface area contributed by atoms with E-state index in [1.54, 1.807) is 42.7 Å². The number of rotatable bonds is 4. The fraction of sp³-hybridized carbons (Fsp3) is 0.200. The van der Waals surface area contributed by atoms with Crippen molar-refractivity contribution in [3.63, 3.8) is 0 Å². The van der Waals surface area contributed by atoms with Gasteiger partial charge in [0.15, 0.2) is 0 Å². The standard InChI is InChI=1S/C15H12F4N2O/c16-13(15(17,18)19)14(22)21-8-10-3-1-4-11(7-10)12-5-2-6-20-9-12/h1-7,9,13H,8H2,(H,21,22). The Labute approximate surface area is 124 Å². The number of halogens is 4. The van der Waals surface area contributed by atoms with Crippen molar-refractivity contribution >= 4 is 5.91 Å². The van der Waals surface area contributed by atoms with E-state index in [2.05, 4.69) is 4.98 Å². The lowest BCUT2D eigenvalue weighted by Gasteiger charge is -2.12. The maximum absolute atomic E-state index is 12.8. The summed E-state index contributed by atoms with van der Waals surface area (Å²) in [5, 5.41) is 1.93. The van der Waals surface area contributed by atoms with E-state index in [0.717, 1.165) is 11.1 Å². The zero-order chi connectivity index (χ0) is 16.2. The van der Waals surface area contributed by atoms with Gasteiger partial charge >= 0.3 is 6.18 Å². The molecule has 0 saturated carbocycles. The summed E-state index contributed by atoms with van der Waals surface area (Å²) in [6, 6.07) is 10.4. The second kappa shape index (κ2) is 6.55. The van der Waals surface area contributed by atoms with E-state index in [0.29, 0.717) is 5.56 Å². The number of carbonyl (C=O) groups excluding carboxylic acids is 1. The third-order valence-electron chi connectivity index (χ3n) is 2.91. The molecule has 22 heavy (non-hydrogen) atoms. The number of alkyl halides is 4. The summed E-state index contributed by atoms with van der Waals surface area (Å²) in [6.45, 7) is -0.191. The van der Waals surface area contributed by atoms with Gasteiger partial charge in [0.25, 0.3) is 12.1 Å². The Morgan fingerprint density at radius 1 is 1.18 bits per heavy atom. The van der Waals surface area contributed by atoms with Crippen LogP contribution in [0.5, 0.6) is 0 Å². The molecule has 0 fully saturated rings. The van der Waals surface area contributed by atoms with Gasteiger partial charge in [-0.05, 0) is 28.8 Å². The number of aromatic nitrogens is 1. The van der Waals surface area contributed by atoms with Crippen LogP contribution >= 0.6 is 0 Å². The number of pyridine rings is 1. The number of carbonyl (C=O) groups is 1. The van der Waals surface area contributed by atoms with Gasteiger partial charge < -0.3 is 5.32 Å². The molecule has 1 heterocycles. The van der Waals surface area contributed by atoms with E-state index in [-0.39, 0.29) is 6.54 Å². The van der Waals surface area contributed by atoms with Crippen molar-refractivity contribution in [1.29, 1.82) is 0 Å². The van der Waals surface area contributed by atoms with Crippen LogP contribution in [-0.2, 0) is 11.3 Å². The van der Waals surface area contributed by atoms with Gasteiger partial charge in [-0.2, -0.15) is 13.2 Å². The summed E-state index contributed by atoms with van der Waals surface area (Å²) in [5.74, 6) is -1.70. The van der Waals surface area contributed by atoms with Crippen molar-refractivity contribution in [2.24, 2.45) is 0 Å². The summed E-state index contributed by atoms with van der Waals surface area (Å²) >= 11 is 0. The Kier molecular flexibility index (Phi) is 4.75. The second-order valence-electron chi connectivity index (χ2n) is 4.56. The van der Waals surface area contributed by atoms with Gasteiger partial charge in [-0.3, -0.25) is 9.78 Å².